The summed E-state index contributed by atoms with van der Waals surface area (Å²) in [5.74, 6) is 0.667. The summed E-state index contributed by atoms with van der Waals surface area (Å²) < 4.78 is 0.845. The molecule has 2 aromatic heterocycles. The van der Waals surface area contributed by atoms with Crippen molar-refractivity contribution in [3.63, 3.8) is 0 Å². The highest BCUT2D eigenvalue weighted by atomic mass is 79.9. The van der Waals surface area contributed by atoms with Crippen molar-refractivity contribution in [2.45, 2.75) is 19.8 Å². The number of amides is 1. The van der Waals surface area contributed by atoms with E-state index < -0.39 is 0 Å². The first-order valence-electron chi connectivity index (χ1n) is 6.77. The normalized spacial score (nSPS) is 14.5. The van der Waals surface area contributed by atoms with Gasteiger partial charge in [0.25, 0.3) is 5.91 Å². The minimum absolute atomic E-state index is 0.138. The number of anilines is 2. The average molecular weight is 367 g/mol. The molecule has 1 N–H and O–H groups in total. The topological polar surface area (TPSA) is 58.1 Å². The van der Waals surface area contributed by atoms with Gasteiger partial charge in [0.15, 0.2) is 5.82 Å². The molecular weight excluding hydrogens is 352 g/mol. The highest BCUT2D eigenvalue weighted by Crippen LogP contribution is 2.30. The Morgan fingerprint density at radius 2 is 2.19 bits per heavy atom. The number of halogens is 1. The predicted octanol–water partition coefficient (Wildman–Crippen LogP) is 3.46. The van der Waals surface area contributed by atoms with Crippen LogP contribution in [0.1, 0.15) is 28.1 Å². The first-order chi connectivity index (χ1) is 10.1. The van der Waals surface area contributed by atoms with Crippen LogP contribution in [0.15, 0.2) is 22.4 Å². The fourth-order valence-electron chi connectivity index (χ4n) is 2.42. The van der Waals surface area contributed by atoms with E-state index in [0.29, 0.717) is 11.3 Å². The molecule has 0 unspecified atom stereocenters. The average Bonchev–Trinajstić information content (AvgIpc) is 3.09. The number of carbonyl (C=O) groups is 1. The molecule has 21 heavy (non-hydrogen) atoms. The van der Waals surface area contributed by atoms with Gasteiger partial charge in [-0.05, 0) is 41.8 Å². The molecule has 1 amide bonds. The van der Waals surface area contributed by atoms with Crippen LogP contribution in [-0.4, -0.2) is 29.0 Å². The minimum atomic E-state index is -0.138. The lowest BCUT2D eigenvalue weighted by molar-refractivity contribution is 0.102. The highest BCUT2D eigenvalue weighted by Gasteiger charge is 2.20. The third-order valence-corrected chi connectivity index (χ3v) is 5.15. The number of nitrogens with one attached hydrogen (secondary N) is 1. The Bertz CT molecular complexity index is 667. The smallest absolute Gasteiger partial charge is 0.257 e. The van der Waals surface area contributed by atoms with Crippen molar-refractivity contribution >= 4 is 44.7 Å². The molecule has 5 nitrogen and oxygen atoms in total. The molecule has 0 aliphatic carbocycles. The summed E-state index contributed by atoms with van der Waals surface area (Å²) in [6.07, 6.45) is 5.50. The summed E-state index contributed by atoms with van der Waals surface area (Å²) >= 11 is 4.98. The molecule has 1 fully saturated rings. The molecule has 7 heteroatoms. The molecular formula is C14H15BrN4OS. The molecule has 3 heterocycles. The maximum Gasteiger partial charge on any atom is 0.257 e. The van der Waals surface area contributed by atoms with E-state index in [9.17, 15) is 4.79 Å². The van der Waals surface area contributed by atoms with Crippen molar-refractivity contribution in [2.24, 2.45) is 0 Å². The lowest BCUT2D eigenvalue weighted by Gasteiger charge is -2.19. The molecule has 0 saturated carbocycles. The van der Waals surface area contributed by atoms with Gasteiger partial charge >= 0.3 is 0 Å². The second kappa shape index (κ2) is 6.11. The van der Waals surface area contributed by atoms with Gasteiger partial charge in [-0.2, -0.15) is 0 Å². The fraction of sp³-hybridized carbons (Fsp3) is 0.357. The number of aromatic nitrogens is 2. The monoisotopic (exact) mass is 366 g/mol. The van der Waals surface area contributed by atoms with E-state index in [1.54, 1.807) is 17.5 Å². The van der Waals surface area contributed by atoms with Crippen molar-refractivity contribution in [3.05, 3.63) is 32.8 Å². The fourth-order valence-corrected chi connectivity index (χ4v) is 4.20. The molecule has 110 valence electrons. The summed E-state index contributed by atoms with van der Waals surface area (Å²) in [7, 11) is 0. The van der Waals surface area contributed by atoms with Gasteiger partial charge in [0.05, 0.1) is 15.5 Å². The van der Waals surface area contributed by atoms with E-state index in [1.165, 1.54) is 6.33 Å². The summed E-state index contributed by atoms with van der Waals surface area (Å²) in [5, 5.41) is 2.93. The number of hydrogen-bond donors (Lipinski definition) is 1. The summed E-state index contributed by atoms with van der Waals surface area (Å²) in [6, 6.07) is 1.88. The largest absolute Gasteiger partial charge is 0.355 e. The molecule has 0 atom stereocenters. The Balaban J connectivity index is 1.84. The van der Waals surface area contributed by atoms with Crippen molar-refractivity contribution in [3.8, 4) is 0 Å². The lowest BCUT2D eigenvalue weighted by Crippen LogP contribution is -2.22. The number of rotatable bonds is 3. The van der Waals surface area contributed by atoms with E-state index in [4.69, 9.17) is 0 Å². The van der Waals surface area contributed by atoms with Gasteiger partial charge in [0.1, 0.15) is 12.0 Å². The Morgan fingerprint density at radius 1 is 1.43 bits per heavy atom. The second-order valence-electron chi connectivity index (χ2n) is 4.95. The van der Waals surface area contributed by atoms with E-state index in [0.717, 1.165) is 40.4 Å². The molecule has 0 radical (unpaired) electrons. The van der Waals surface area contributed by atoms with E-state index in [1.807, 2.05) is 13.0 Å². The zero-order chi connectivity index (χ0) is 14.8. The van der Waals surface area contributed by atoms with E-state index >= 15 is 0 Å². The number of hydrogen-bond acceptors (Lipinski definition) is 5. The molecule has 0 spiro atoms. The first kappa shape index (κ1) is 14.5. The quantitative estimate of drug-likeness (QED) is 0.903. The summed E-state index contributed by atoms with van der Waals surface area (Å²) in [5.41, 5.74) is 1.31. The van der Waals surface area contributed by atoms with Crippen LogP contribution in [0.25, 0.3) is 0 Å². The molecule has 3 rings (SSSR count). The van der Waals surface area contributed by atoms with Crippen molar-refractivity contribution in [1.29, 1.82) is 0 Å². The number of nitrogens with zero attached hydrogens (tertiary/aromatic N) is 3. The molecule has 0 aromatic carbocycles. The standard InChI is InChI=1S/C14H15BrN4OS/c1-9-6-10(12(15)21-9)14(20)18-11-7-16-8-17-13(11)19-4-2-3-5-19/h6-8H,2-5H2,1H3,(H,18,20). The lowest BCUT2D eigenvalue weighted by atomic mass is 10.3. The number of aryl methyl sites for hydroxylation is 1. The number of thiophene rings is 1. The van der Waals surface area contributed by atoms with Crippen LogP contribution in [0.3, 0.4) is 0 Å². The highest BCUT2D eigenvalue weighted by molar-refractivity contribution is 9.11. The maximum atomic E-state index is 12.4. The van der Waals surface area contributed by atoms with Gasteiger partial charge in [-0.1, -0.05) is 0 Å². The maximum absolute atomic E-state index is 12.4. The van der Waals surface area contributed by atoms with Crippen LogP contribution in [0.2, 0.25) is 0 Å². The van der Waals surface area contributed by atoms with E-state index in [-0.39, 0.29) is 5.91 Å². The molecule has 1 aliphatic rings. The van der Waals surface area contributed by atoms with Gasteiger partial charge < -0.3 is 10.2 Å². The Morgan fingerprint density at radius 3 is 2.86 bits per heavy atom. The van der Waals surface area contributed by atoms with Crippen molar-refractivity contribution in [1.82, 2.24) is 9.97 Å². The molecule has 0 bridgehead atoms. The SMILES string of the molecule is Cc1cc(C(=O)Nc2cncnc2N2CCCC2)c(Br)s1. The van der Waals surface area contributed by atoms with Gasteiger partial charge in [0.2, 0.25) is 0 Å². The van der Waals surface area contributed by atoms with E-state index in [2.05, 4.69) is 36.1 Å². The number of carbonyl (C=O) groups excluding carboxylic acids is 1. The van der Waals surface area contributed by atoms with Gasteiger partial charge in [-0.3, -0.25) is 4.79 Å². The van der Waals surface area contributed by atoms with Crippen LogP contribution < -0.4 is 10.2 Å². The second-order valence-corrected chi connectivity index (χ2v) is 7.53. The van der Waals surface area contributed by atoms with Crippen LogP contribution in [0.5, 0.6) is 0 Å². The van der Waals surface area contributed by atoms with Gasteiger partial charge in [0, 0.05) is 18.0 Å². The Labute approximate surface area is 135 Å². The summed E-state index contributed by atoms with van der Waals surface area (Å²) in [4.78, 5) is 24.0. The molecule has 1 saturated heterocycles. The third-order valence-electron chi connectivity index (χ3n) is 3.40. The first-order valence-corrected chi connectivity index (χ1v) is 8.38. The van der Waals surface area contributed by atoms with Gasteiger partial charge in [-0.15, -0.1) is 11.3 Å². The van der Waals surface area contributed by atoms with Crippen LogP contribution in [0, 0.1) is 6.92 Å². The zero-order valence-electron chi connectivity index (χ0n) is 11.6. The zero-order valence-corrected chi connectivity index (χ0v) is 14.0. The predicted molar refractivity (Wildman–Crippen MR) is 88.2 cm³/mol. The molecule has 2 aromatic rings. The van der Waals surface area contributed by atoms with Crippen molar-refractivity contribution < 1.29 is 4.79 Å². The summed E-state index contributed by atoms with van der Waals surface area (Å²) in [6.45, 7) is 3.93. The Kier molecular flexibility index (Phi) is 4.21. The Hall–Kier alpha value is -1.47. The third kappa shape index (κ3) is 3.08. The van der Waals surface area contributed by atoms with Crippen LogP contribution in [0.4, 0.5) is 11.5 Å². The van der Waals surface area contributed by atoms with Crippen LogP contribution >= 0.6 is 27.3 Å². The molecule has 1 aliphatic heterocycles. The van der Waals surface area contributed by atoms with Crippen LogP contribution in [-0.2, 0) is 0 Å². The van der Waals surface area contributed by atoms with Crippen molar-refractivity contribution in [2.75, 3.05) is 23.3 Å². The van der Waals surface area contributed by atoms with Gasteiger partial charge in [-0.25, -0.2) is 9.97 Å². The minimum Gasteiger partial charge on any atom is -0.355 e.